The van der Waals surface area contributed by atoms with Gasteiger partial charge in [-0.1, -0.05) is 83.7 Å². The number of benzene rings is 3. The smallest absolute Gasteiger partial charge is 0.266 e. The van der Waals surface area contributed by atoms with E-state index in [1.807, 2.05) is 78.9 Å². The van der Waals surface area contributed by atoms with Crippen molar-refractivity contribution < 1.29 is 19.4 Å². The first-order valence-corrected chi connectivity index (χ1v) is 15.3. The van der Waals surface area contributed by atoms with Crippen LogP contribution >= 0.6 is 15.9 Å². The third kappa shape index (κ3) is 7.18. The van der Waals surface area contributed by atoms with Crippen molar-refractivity contribution in [3.8, 4) is 5.75 Å². The first-order chi connectivity index (χ1) is 20.1. The summed E-state index contributed by atoms with van der Waals surface area (Å²) in [5.74, 6) is 1.45. The molecule has 1 aliphatic heterocycles. The Labute approximate surface area is 250 Å². The normalized spacial score (nSPS) is 20.7. The Hall–Kier alpha value is -3.20. The van der Waals surface area contributed by atoms with Crippen LogP contribution in [0.1, 0.15) is 61.3 Å². The lowest BCUT2D eigenvalue weighted by Gasteiger charge is -2.31. The van der Waals surface area contributed by atoms with E-state index in [9.17, 15) is 4.79 Å². The molecular formula is C33H38BrN3O4. The van der Waals surface area contributed by atoms with E-state index in [0.29, 0.717) is 37.0 Å². The molecule has 0 saturated heterocycles. The largest absolute Gasteiger partial charge is 0.494 e. The highest BCUT2D eigenvalue weighted by molar-refractivity contribution is 9.10. The standard InChI is InChI=1S/C33H38BrN3O4/c34-29-15-8-7-14-27(29)22-33(32(39)37-35-23-24-10-3-1-4-11-24)30(25-12-5-2-6-13-25)41-31(36-33)26-16-18-28(19-17-26)40-21-9-20-38/h2,5-8,12-19,24,30,35,38H,1,3-4,9-11,20-23H2,(H,37,39)/t30-,33-/m0/s1. The number of rotatable bonds is 12. The third-order valence-corrected chi connectivity index (χ3v) is 8.64. The van der Waals surface area contributed by atoms with Crippen molar-refractivity contribution in [2.75, 3.05) is 19.8 Å². The number of nitrogens with zero attached hydrogens (tertiary/aromatic N) is 1. The predicted molar refractivity (Wildman–Crippen MR) is 164 cm³/mol. The molecule has 2 atom stereocenters. The third-order valence-electron chi connectivity index (χ3n) is 7.87. The summed E-state index contributed by atoms with van der Waals surface area (Å²) in [6.07, 6.45) is 6.42. The molecule has 5 rings (SSSR count). The van der Waals surface area contributed by atoms with Gasteiger partial charge in [0.15, 0.2) is 11.6 Å². The van der Waals surface area contributed by atoms with Crippen molar-refractivity contribution >= 4 is 27.7 Å². The average Bonchev–Trinajstić information content (AvgIpc) is 3.40. The number of aliphatic hydroxyl groups excluding tert-OH is 1. The van der Waals surface area contributed by atoms with Gasteiger partial charge in [0.2, 0.25) is 5.90 Å². The summed E-state index contributed by atoms with van der Waals surface area (Å²) in [5.41, 5.74) is 7.63. The zero-order valence-electron chi connectivity index (χ0n) is 23.2. The molecule has 3 aromatic rings. The SMILES string of the molecule is O=C(NNCC1CCCCC1)[C@@]1(Cc2ccccc2Br)N=C(c2ccc(OCCCO)cc2)O[C@H]1c1ccccc1. The van der Waals surface area contributed by atoms with Crippen LogP contribution in [0.2, 0.25) is 0 Å². The number of hydrazine groups is 1. The molecule has 41 heavy (non-hydrogen) atoms. The van der Waals surface area contributed by atoms with Gasteiger partial charge in [-0.3, -0.25) is 10.2 Å². The summed E-state index contributed by atoms with van der Waals surface area (Å²) < 4.78 is 13.2. The number of hydrogen-bond acceptors (Lipinski definition) is 6. The Kier molecular flexibility index (Phi) is 10.1. The van der Waals surface area contributed by atoms with Gasteiger partial charge in [0.05, 0.1) is 6.61 Å². The van der Waals surface area contributed by atoms with Crippen molar-refractivity contribution in [3.63, 3.8) is 0 Å². The topological polar surface area (TPSA) is 92.2 Å². The number of carbonyl (C=O) groups is 1. The van der Waals surface area contributed by atoms with Crippen molar-refractivity contribution in [3.05, 3.63) is 100 Å². The number of hydrogen-bond donors (Lipinski definition) is 3. The van der Waals surface area contributed by atoms with E-state index in [1.54, 1.807) is 0 Å². The molecule has 1 saturated carbocycles. The second-order valence-electron chi connectivity index (χ2n) is 10.8. The van der Waals surface area contributed by atoms with Crippen LogP contribution < -0.4 is 15.6 Å². The summed E-state index contributed by atoms with van der Waals surface area (Å²) in [6.45, 7) is 1.26. The minimum absolute atomic E-state index is 0.0841. The van der Waals surface area contributed by atoms with Crippen LogP contribution in [0.4, 0.5) is 0 Å². The molecule has 2 aliphatic rings. The van der Waals surface area contributed by atoms with Crippen LogP contribution in [0.25, 0.3) is 0 Å². The molecule has 0 spiro atoms. The Morgan fingerprint density at radius 3 is 2.46 bits per heavy atom. The van der Waals surface area contributed by atoms with Gasteiger partial charge in [-0.2, -0.15) is 0 Å². The lowest BCUT2D eigenvalue weighted by molar-refractivity contribution is -0.130. The molecule has 0 radical (unpaired) electrons. The molecule has 3 aromatic carbocycles. The van der Waals surface area contributed by atoms with E-state index in [4.69, 9.17) is 19.6 Å². The van der Waals surface area contributed by atoms with E-state index in [1.165, 1.54) is 32.1 Å². The van der Waals surface area contributed by atoms with Gasteiger partial charge < -0.3 is 14.6 Å². The Balaban J connectivity index is 1.48. The molecule has 0 aromatic heterocycles. The Bertz CT molecular complexity index is 1310. The quantitative estimate of drug-likeness (QED) is 0.173. The maximum absolute atomic E-state index is 14.3. The number of nitrogens with one attached hydrogen (secondary N) is 2. The van der Waals surface area contributed by atoms with Crippen molar-refractivity contribution in [2.45, 2.75) is 56.6 Å². The number of aliphatic imine (C=N–C) groups is 1. The first-order valence-electron chi connectivity index (χ1n) is 14.5. The Morgan fingerprint density at radius 2 is 1.73 bits per heavy atom. The van der Waals surface area contributed by atoms with Gasteiger partial charge in [0, 0.05) is 36.0 Å². The van der Waals surface area contributed by atoms with Gasteiger partial charge in [-0.05, 0) is 60.2 Å². The molecular weight excluding hydrogens is 582 g/mol. The first kappa shape index (κ1) is 29.3. The maximum atomic E-state index is 14.3. The molecule has 3 N–H and O–H groups in total. The van der Waals surface area contributed by atoms with Crippen molar-refractivity contribution in [1.29, 1.82) is 0 Å². The van der Waals surface area contributed by atoms with Crippen molar-refractivity contribution in [1.82, 2.24) is 10.9 Å². The molecule has 1 amide bonds. The molecule has 7 nitrogen and oxygen atoms in total. The fourth-order valence-corrected chi connectivity index (χ4v) is 6.04. The summed E-state index contributed by atoms with van der Waals surface area (Å²) in [7, 11) is 0. The highest BCUT2D eigenvalue weighted by Crippen LogP contribution is 2.43. The molecule has 8 heteroatoms. The van der Waals surface area contributed by atoms with Crippen LogP contribution in [0, 0.1) is 5.92 Å². The minimum Gasteiger partial charge on any atom is -0.494 e. The number of ether oxygens (including phenoxy) is 2. The molecule has 1 aliphatic carbocycles. The lowest BCUT2D eigenvalue weighted by atomic mass is 9.82. The zero-order chi connectivity index (χ0) is 28.5. The number of carbonyl (C=O) groups excluding carboxylic acids is 1. The predicted octanol–water partition coefficient (Wildman–Crippen LogP) is 5.91. The average molecular weight is 621 g/mol. The molecule has 1 fully saturated rings. The fourth-order valence-electron chi connectivity index (χ4n) is 5.62. The zero-order valence-corrected chi connectivity index (χ0v) is 24.8. The van der Waals surface area contributed by atoms with E-state index < -0.39 is 11.6 Å². The van der Waals surface area contributed by atoms with Crippen molar-refractivity contribution in [2.24, 2.45) is 10.9 Å². The second-order valence-corrected chi connectivity index (χ2v) is 11.7. The fraction of sp³-hybridized carbons (Fsp3) is 0.394. The number of amides is 1. The Morgan fingerprint density at radius 1 is 1.00 bits per heavy atom. The molecule has 216 valence electrons. The van der Waals surface area contributed by atoms with E-state index in [-0.39, 0.29) is 12.5 Å². The molecule has 0 bridgehead atoms. The summed E-state index contributed by atoms with van der Waals surface area (Å²) in [5, 5.41) is 9.04. The van der Waals surface area contributed by atoms with Crippen LogP contribution in [0.5, 0.6) is 5.75 Å². The second kappa shape index (κ2) is 14.1. The molecule has 1 heterocycles. The summed E-state index contributed by atoms with van der Waals surface area (Å²) in [4.78, 5) is 19.4. The minimum atomic E-state index is -1.25. The van der Waals surface area contributed by atoms with Crippen LogP contribution in [-0.4, -0.2) is 42.2 Å². The van der Waals surface area contributed by atoms with Gasteiger partial charge >= 0.3 is 0 Å². The highest BCUT2D eigenvalue weighted by atomic mass is 79.9. The van der Waals surface area contributed by atoms with Crippen LogP contribution in [0.3, 0.4) is 0 Å². The number of halogens is 1. The van der Waals surface area contributed by atoms with Gasteiger partial charge in [0.25, 0.3) is 5.91 Å². The van der Waals surface area contributed by atoms with Gasteiger partial charge in [0.1, 0.15) is 5.75 Å². The monoisotopic (exact) mass is 619 g/mol. The summed E-state index contributed by atoms with van der Waals surface area (Å²) in [6, 6.07) is 25.3. The summed E-state index contributed by atoms with van der Waals surface area (Å²) >= 11 is 3.69. The van der Waals surface area contributed by atoms with Crippen LogP contribution in [0.15, 0.2) is 88.3 Å². The number of aliphatic hydroxyl groups is 1. The van der Waals surface area contributed by atoms with E-state index in [0.717, 1.165) is 27.7 Å². The van der Waals surface area contributed by atoms with Gasteiger partial charge in [-0.15, -0.1) is 0 Å². The molecule has 0 unspecified atom stereocenters. The lowest BCUT2D eigenvalue weighted by Crippen LogP contribution is -2.54. The van der Waals surface area contributed by atoms with E-state index >= 15 is 0 Å². The highest BCUT2D eigenvalue weighted by Gasteiger charge is 2.53. The van der Waals surface area contributed by atoms with Gasteiger partial charge in [-0.25, -0.2) is 10.4 Å². The maximum Gasteiger partial charge on any atom is 0.266 e. The van der Waals surface area contributed by atoms with E-state index in [2.05, 4.69) is 26.8 Å². The van der Waals surface area contributed by atoms with Crippen LogP contribution in [-0.2, 0) is 16.0 Å².